The lowest BCUT2D eigenvalue weighted by Gasteiger charge is -2.36. The van der Waals surface area contributed by atoms with Crippen molar-refractivity contribution in [2.24, 2.45) is 0 Å². The van der Waals surface area contributed by atoms with Crippen LogP contribution in [0.5, 0.6) is 0 Å². The van der Waals surface area contributed by atoms with Crippen LogP contribution in [0.2, 0.25) is 0 Å². The fraction of sp³-hybridized carbons (Fsp3) is 0.0769. The molecule has 0 amide bonds. The smallest absolute Gasteiger partial charge is 0.187 e. The summed E-state index contributed by atoms with van der Waals surface area (Å²) < 4.78 is 0. The number of hydrogen-bond donors (Lipinski definition) is 0. The summed E-state index contributed by atoms with van der Waals surface area (Å²) in [5.41, 5.74) is 22.4. The molecule has 11 rings (SSSR count). The maximum atomic E-state index is 7.33. The SMILES string of the molecule is [C-]#[N+]c1ccc(-c2ccc(-c3ccc4c(c3)C3(c5ccccc5-c5ccccc5-4)c4ccccc4-c4cc5c(cc43)-c3ccccc3C5(C)C)cn2)cc1. The molecule has 3 aliphatic rings. The molecule has 2 nitrogen and oxygen atoms in total. The maximum Gasteiger partial charge on any atom is 0.187 e. The average molecular weight is 687 g/mol. The maximum absolute atomic E-state index is 7.33. The lowest BCUT2D eigenvalue weighted by atomic mass is 9.65. The Hall–Kier alpha value is -6.82. The van der Waals surface area contributed by atoms with E-state index in [1.54, 1.807) is 0 Å². The van der Waals surface area contributed by atoms with Gasteiger partial charge in [0.05, 0.1) is 17.7 Å². The van der Waals surface area contributed by atoms with Crippen LogP contribution in [0.3, 0.4) is 0 Å². The van der Waals surface area contributed by atoms with Gasteiger partial charge in [-0.25, -0.2) is 4.85 Å². The third-order valence-electron chi connectivity index (χ3n) is 12.4. The lowest BCUT2D eigenvalue weighted by Crippen LogP contribution is -2.29. The Balaban J connectivity index is 1.22. The number of aromatic nitrogens is 1. The highest BCUT2D eigenvalue weighted by molar-refractivity contribution is 5.99. The van der Waals surface area contributed by atoms with Crippen LogP contribution in [0.4, 0.5) is 5.69 Å². The lowest BCUT2D eigenvalue weighted by molar-refractivity contribution is 0.660. The number of rotatable bonds is 2. The first-order valence-corrected chi connectivity index (χ1v) is 18.7. The van der Waals surface area contributed by atoms with Gasteiger partial charge in [-0.1, -0.05) is 153 Å². The molecule has 0 fully saturated rings. The van der Waals surface area contributed by atoms with Crippen molar-refractivity contribution in [2.45, 2.75) is 24.7 Å². The standard InChI is InChI=1S/C52H34N2/c1-51(2)44-17-9-6-15-39(44)42-30-49-43(29-47(42)51)40-16-8-11-19-46(40)52(49)45-18-10-7-14-38(45)36-12-4-5-13-37(36)41-26-22-33(28-48(41)52)34-23-27-50(54-31-34)32-20-24-35(53-3)25-21-32/h4-31H,1-2H3. The van der Waals surface area contributed by atoms with Gasteiger partial charge in [-0.05, 0) is 113 Å². The molecule has 1 heterocycles. The highest BCUT2D eigenvalue weighted by Crippen LogP contribution is 2.64. The summed E-state index contributed by atoms with van der Waals surface area (Å²) in [7, 11) is 0. The quantitative estimate of drug-likeness (QED) is 0.165. The van der Waals surface area contributed by atoms with Crippen LogP contribution in [0, 0.1) is 6.57 Å². The second-order valence-corrected chi connectivity index (χ2v) is 15.4. The third-order valence-corrected chi connectivity index (χ3v) is 12.4. The Morgan fingerprint density at radius 2 is 0.889 bits per heavy atom. The molecule has 54 heavy (non-hydrogen) atoms. The van der Waals surface area contributed by atoms with Crippen LogP contribution >= 0.6 is 0 Å². The Labute approximate surface area is 315 Å². The summed E-state index contributed by atoms with van der Waals surface area (Å²) in [5, 5.41) is 0. The van der Waals surface area contributed by atoms with E-state index in [1.165, 1.54) is 77.9 Å². The van der Waals surface area contributed by atoms with Gasteiger partial charge in [-0.15, -0.1) is 0 Å². The molecule has 252 valence electrons. The Bertz CT molecular complexity index is 2910. The van der Waals surface area contributed by atoms with Gasteiger partial charge in [0.2, 0.25) is 0 Å². The number of fused-ring (bicyclic) bond motifs is 15. The van der Waals surface area contributed by atoms with Crippen molar-refractivity contribution in [3.63, 3.8) is 0 Å². The Morgan fingerprint density at radius 1 is 0.407 bits per heavy atom. The summed E-state index contributed by atoms with van der Waals surface area (Å²) in [6.07, 6.45) is 1.99. The number of benzene rings is 7. The number of pyridine rings is 1. The van der Waals surface area contributed by atoms with E-state index in [2.05, 4.69) is 158 Å². The van der Waals surface area contributed by atoms with Crippen LogP contribution in [-0.4, -0.2) is 4.98 Å². The van der Waals surface area contributed by atoms with E-state index in [4.69, 9.17) is 11.6 Å². The van der Waals surface area contributed by atoms with Crippen molar-refractivity contribution in [1.29, 1.82) is 0 Å². The van der Waals surface area contributed by atoms with E-state index >= 15 is 0 Å². The molecule has 0 saturated carbocycles. The molecule has 7 aromatic carbocycles. The minimum atomic E-state index is -0.582. The van der Waals surface area contributed by atoms with Crippen LogP contribution in [0.25, 0.3) is 71.7 Å². The zero-order chi connectivity index (χ0) is 36.2. The van der Waals surface area contributed by atoms with Gasteiger partial charge in [-0.3, -0.25) is 4.98 Å². The molecule has 0 N–H and O–H groups in total. The largest absolute Gasteiger partial charge is 0.256 e. The molecule has 0 aliphatic heterocycles. The second kappa shape index (κ2) is 11.1. The minimum Gasteiger partial charge on any atom is -0.256 e. The number of nitrogens with zero attached hydrogens (tertiary/aromatic N) is 2. The van der Waals surface area contributed by atoms with Gasteiger partial charge in [0.15, 0.2) is 5.69 Å². The Morgan fingerprint density at radius 3 is 1.52 bits per heavy atom. The van der Waals surface area contributed by atoms with Crippen LogP contribution in [0.15, 0.2) is 170 Å². The van der Waals surface area contributed by atoms with Crippen LogP contribution in [-0.2, 0) is 10.8 Å². The van der Waals surface area contributed by atoms with Crippen LogP contribution < -0.4 is 0 Å². The molecule has 1 unspecified atom stereocenters. The van der Waals surface area contributed by atoms with E-state index in [0.29, 0.717) is 5.69 Å². The highest BCUT2D eigenvalue weighted by Gasteiger charge is 2.51. The highest BCUT2D eigenvalue weighted by atomic mass is 14.7. The summed E-state index contributed by atoms with van der Waals surface area (Å²) in [6.45, 7) is 12.1. The predicted molar refractivity (Wildman–Crippen MR) is 221 cm³/mol. The summed E-state index contributed by atoms with van der Waals surface area (Å²) in [6, 6.07) is 60.2. The normalized spacial score (nSPS) is 16.2. The first kappa shape index (κ1) is 30.8. The van der Waals surface area contributed by atoms with E-state index in [0.717, 1.165) is 22.4 Å². The molecule has 3 aliphatic carbocycles. The van der Waals surface area contributed by atoms with Gasteiger partial charge in [0, 0.05) is 17.2 Å². The van der Waals surface area contributed by atoms with Gasteiger partial charge in [-0.2, -0.15) is 0 Å². The van der Waals surface area contributed by atoms with Crippen molar-refractivity contribution in [3.05, 3.63) is 215 Å². The van der Waals surface area contributed by atoms with Crippen molar-refractivity contribution >= 4 is 5.69 Å². The molecule has 1 aromatic heterocycles. The van der Waals surface area contributed by atoms with Crippen molar-refractivity contribution in [1.82, 2.24) is 4.98 Å². The summed E-state index contributed by atoms with van der Waals surface area (Å²) in [5.74, 6) is 0. The molecule has 0 saturated heterocycles. The zero-order valence-electron chi connectivity index (χ0n) is 30.1. The fourth-order valence-corrected chi connectivity index (χ4v) is 9.91. The average Bonchev–Trinajstić information content (AvgIpc) is 3.60. The van der Waals surface area contributed by atoms with Crippen molar-refractivity contribution in [2.75, 3.05) is 0 Å². The monoisotopic (exact) mass is 686 g/mol. The third kappa shape index (κ3) is 4.02. The van der Waals surface area contributed by atoms with Crippen LogP contribution in [0.1, 0.15) is 47.2 Å². The molecule has 8 aromatic rings. The van der Waals surface area contributed by atoms with Gasteiger partial charge in [0.1, 0.15) is 0 Å². The van der Waals surface area contributed by atoms with Crippen molar-refractivity contribution in [3.8, 4) is 66.9 Å². The molecule has 0 radical (unpaired) electrons. The molecular weight excluding hydrogens is 653 g/mol. The zero-order valence-corrected chi connectivity index (χ0v) is 30.1. The molecule has 2 heteroatoms. The molecular formula is C52H34N2. The first-order chi connectivity index (χ1) is 26.5. The molecule has 1 atom stereocenters. The van der Waals surface area contributed by atoms with Gasteiger partial charge in [0.25, 0.3) is 0 Å². The number of hydrogen-bond acceptors (Lipinski definition) is 1. The predicted octanol–water partition coefficient (Wildman–Crippen LogP) is 13.3. The second-order valence-electron chi connectivity index (χ2n) is 15.4. The molecule has 1 spiro atoms. The summed E-state index contributed by atoms with van der Waals surface area (Å²) in [4.78, 5) is 8.49. The van der Waals surface area contributed by atoms with E-state index in [1.807, 2.05) is 30.5 Å². The van der Waals surface area contributed by atoms with Gasteiger partial charge < -0.3 is 0 Å². The first-order valence-electron chi connectivity index (χ1n) is 18.7. The van der Waals surface area contributed by atoms with Gasteiger partial charge >= 0.3 is 0 Å². The van der Waals surface area contributed by atoms with Crippen molar-refractivity contribution < 1.29 is 0 Å². The summed E-state index contributed by atoms with van der Waals surface area (Å²) >= 11 is 0. The topological polar surface area (TPSA) is 17.2 Å². The Kier molecular flexibility index (Phi) is 6.32. The van der Waals surface area contributed by atoms with E-state index in [-0.39, 0.29) is 5.41 Å². The van der Waals surface area contributed by atoms with E-state index < -0.39 is 5.41 Å². The van der Waals surface area contributed by atoms with E-state index in [9.17, 15) is 0 Å². The minimum absolute atomic E-state index is 0.105. The molecule has 0 bridgehead atoms. The fourth-order valence-electron chi connectivity index (χ4n) is 9.91.